The molecule has 1 aliphatic rings. The van der Waals surface area contributed by atoms with E-state index in [0.717, 1.165) is 17.2 Å². The molecule has 3 nitrogen and oxygen atoms in total. The highest BCUT2D eigenvalue weighted by atomic mass is 32.2. The standard InChI is InChI=1S/C9H14N2OS2/c1-12-3-9-11-7(6-14-9)2-10-8-4-13-5-8/h6,8,10H,2-5H2,1H3. The molecule has 2 rings (SSSR count). The summed E-state index contributed by atoms with van der Waals surface area (Å²) in [7, 11) is 1.70. The molecule has 0 radical (unpaired) electrons. The maximum atomic E-state index is 5.02. The molecule has 0 spiro atoms. The fourth-order valence-electron chi connectivity index (χ4n) is 1.22. The second kappa shape index (κ2) is 5.11. The number of hydrogen-bond acceptors (Lipinski definition) is 5. The number of nitrogens with zero attached hydrogens (tertiary/aromatic N) is 1. The lowest BCUT2D eigenvalue weighted by atomic mass is 10.3. The van der Waals surface area contributed by atoms with Crippen molar-refractivity contribution >= 4 is 23.1 Å². The molecule has 1 aromatic rings. The molecular weight excluding hydrogens is 216 g/mol. The lowest BCUT2D eigenvalue weighted by Crippen LogP contribution is -2.39. The maximum Gasteiger partial charge on any atom is 0.119 e. The summed E-state index contributed by atoms with van der Waals surface area (Å²) in [5.74, 6) is 2.49. The molecule has 0 atom stereocenters. The van der Waals surface area contributed by atoms with Crippen LogP contribution in [0.5, 0.6) is 0 Å². The molecule has 5 heteroatoms. The van der Waals surface area contributed by atoms with Crippen molar-refractivity contribution in [3.63, 3.8) is 0 Å². The minimum atomic E-state index is 0.629. The van der Waals surface area contributed by atoms with E-state index in [4.69, 9.17) is 4.74 Å². The smallest absolute Gasteiger partial charge is 0.119 e. The van der Waals surface area contributed by atoms with Crippen LogP contribution in [0.4, 0.5) is 0 Å². The average Bonchev–Trinajstić information content (AvgIpc) is 2.51. The Morgan fingerprint density at radius 2 is 2.50 bits per heavy atom. The minimum absolute atomic E-state index is 0.629. The van der Waals surface area contributed by atoms with Crippen molar-refractivity contribution < 1.29 is 4.74 Å². The van der Waals surface area contributed by atoms with Gasteiger partial charge in [-0.05, 0) is 0 Å². The Morgan fingerprint density at radius 3 is 3.14 bits per heavy atom. The first-order chi connectivity index (χ1) is 6.88. The summed E-state index contributed by atoms with van der Waals surface area (Å²) in [5.41, 5.74) is 1.14. The van der Waals surface area contributed by atoms with Crippen molar-refractivity contribution in [1.29, 1.82) is 0 Å². The van der Waals surface area contributed by atoms with Crippen LogP contribution in [0.3, 0.4) is 0 Å². The molecule has 0 saturated carbocycles. The Balaban J connectivity index is 1.77. The van der Waals surface area contributed by atoms with E-state index < -0.39 is 0 Å². The number of thiazole rings is 1. The van der Waals surface area contributed by atoms with Gasteiger partial charge in [0, 0.05) is 36.6 Å². The number of hydrogen-bond donors (Lipinski definition) is 1. The fraction of sp³-hybridized carbons (Fsp3) is 0.667. The zero-order chi connectivity index (χ0) is 9.80. The van der Waals surface area contributed by atoms with Gasteiger partial charge in [-0.2, -0.15) is 11.8 Å². The van der Waals surface area contributed by atoms with Crippen LogP contribution in [0.1, 0.15) is 10.7 Å². The summed E-state index contributed by atoms with van der Waals surface area (Å²) in [4.78, 5) is 4.45. The number of thioether (sulfide) groups is 1. The van der Waals surface area contributed by atoms with Crippen molar-refractivity contribution in [2.24, 2.45) is 0 Å². The maximum absolute atomic E-state index is 5.02. The van der Waals surface area contributed by atoms with E-state index in [1.165, 1.54) is 11.5 Å². The third kappa shape index (κ3) is 2.70. The Labute approximate surface area is 92.3 Å². The predicted octanol–water partition coefficient (Wildman–Crippen LogP) is 1.49. The summed E-state index contributed by atoms with van der Waals surface area (Å²) in [5, 5.41) is 6.64. The molecule has 1 saturated heterocycles. The molecule has 14 heavy (non-hydrogen) atoms. The highest BCUT2D eigenvalue weighted by Gasteiger charge is 2.17. The molecule has 1 aliphatic heterocycles. The van der Waals surface area contributed by atoms with Gasteiger partial charge in [-0.15, -0.1) is 11.3 Å². The number of nitrogens with one attached hydrogen (secondary N) is 1. The van der Waals surface area contributed by atoms with Gasteiger partial charge in [0.2, 0.25) is 0 Å². The van der Waals surface area contributed by atoms with E-state index in [1.54, 1.807) is 18.4 Å². The molecule has 0 aliphatic carbocycles. The van der Waals surface area contributed by atoms with Crippen LogP contribution in [0.2, 0.25) is 0 Å². The van der Waals surface area contributed by atoms with Crippen molar-refractivity contribution in [1.82, 2.24) is 10.3 Å². The third-order valence-electron chi connectivity index (χ3n) is 2.08. The SMILES string of the molecule is COCc1nc(CNC2CSC2)cs1. The Kier molecular flexibility index (Phi) is 3.81. The molecule has 1 N–H and O–H groups in total. The lowest BCUT2D eigenvalue weighted by molar-refractivity contribution is 0.184. The van der Waals surface area contributed by atoms with E-state index in [1.807, 2.05) is 11.8 Å². The first kappa shape index (κ1) is 10.4. The zero-order valence-corrected chi connectivity index (χ0v) is 9.79. The van der Waals surface area contributed by atoms with Crippen LogP contribution in [-0.4, -0.2) is 29.6 Å². The number of methoxy groups -OCH3 is 1. The molecule has 0 amide bonds. The molecule has 1 aromatic heterocycles. The molecule has 1 fully saturated rings. The van der Waals surface area contributed by atoms with Gasteiger partial charge < -0.3 is 10.1 Å². The second-order valence-corrected chi connectivity index (χ2v) is 5.30. The van der Waals surface area contributed by atoms with Crippen LogP contribution in [0, 0.1) is 0 Å². The highest BCUT2D eigenvalue weighted by Crippen LogP contribution is 2.18. The van der Waals surface area contributed by atoms with Gasteiger partial charge in [0.15, 0.2) is 0 Å². The van der Waals surface area contributed by atoms with Gasteiger partial charge in [0.05, 0.1) is 12.3 Å². The predicted molar refractivity (Wildman–Crippen MR) is 60.8 cm³/mol. The van der Waals surface area contributed by atoms with Gasteiger partial charge in [0.25, 0.3) is 0 Å². The fourth-order valence-corrected chi connectivity index (χ4v) is 2.69. The number of ether oxygens (including phenoxy) is 1. The van der Waals surface area contributed by atoms with E-state index in [2.05, 4.69) is 15.7 Å². The van der Waals surface area contributed by atoms with Crippen molar-refractivity contribution in [3.05, 3.63) is 16.1 Å². The molecule has 0 bridgehead atoms. The molecule has 2 heterocycles. The summed E-state index contributed by atoms with van der Waals surface area (Å²) < 4.78 is 5.02. The van der Waals surface area contributed by atoms with Gasteiger partial charge in [0.1, 0.15) is 5.01 Å². The van der Waals surface area contributed by atoms with Crippen molar-refractivity contribution in [3.8, 4) is 0 Å². The molecule has 78 valence electrons. The van der Waals surface area contributed by atoms with Crippen LogP contribution >= 0.6 is 23.1 Å². The van der Waals surface area contributed by atoms with Crippen LogP contribution < -0.4 is 5.32 Å². The van der Waals surface area contributed by atoms with Gasteiger partial charge in [-0.25, -0.2) is 4.98 Å². The quantitative estimate of drug-likeness (QED) is 0.831. The third-order valence-corrected chi connectivity index (χ3v) is 4.22. The van der Waals surface area contributed by atoms with Crippen LogP contribution in [0.25, 0.3) is 0 Å². The zero-order valence-electron chi connectivity index (χ0n) is 8.16. The molecular formula is C9H14N2OS2. The highest BCUT2D eigenvalue weighted by molar-refractivity contribution is 8.00. The topological polar surface area (TPSA) is 34.1 Å². The Hall–Kier alpha value is -0.100. The van der Waals surface area contributed by atoms with Crippen molar-refractivity contribution in [2.45, 2.75) is 19.2 Å². The van der Waals surface area contributed by atoms with E-state index >= 15 is 0 Å². The van der Waals surface area contributed by atoms with E-state index in [-0.39, 0.29) is 0 Å². The van der Waals surface area contributed by atoms with E-state index in [0.29, 0.717) is 12.6 Å². The van der Waals surface area contributed by atoms with Crippen LogP contribution in [-0.2, 0) is 17.9 Å². The summed E-state index contributed by atoms with van der Waals surface area (Å²) in [6, 6.07) is 0.701. The largest absolute Gasteiger partial charge is 0.378 e. The number of rotatable bonds is 5. The van der Waals surface area contributed by atoms with Crippen molar-refractivity contribution in [2.75, 3.05) is 18.6 Å². The summed E-state index contributed by atoms with van der Waals surface area (Å²) in [6.07, 6.45) is 0. The first-order valence-electron chi connectivity index (χ1n) is 4.62. The van der Waals surface area contributed by atoms with E-state index in [9.17, 15) is 0 Å². The Morgan fingerprint density at radius 1 is 1.64 bits per heavy atom. The lowest BCUT2D eigenvalue weighted by Gasteiger charge is -2.25. The minimum Gasteiger partial charge on any atom is -0.378 e. The van der Waals surface area contributed by atoms with Gasteiger partial charge >= 0.3 is 0 Å². The molecule has 0 aromatic carbocycles. The molecule has 0 unspecified atom stereocenters. The summed E-state index contributed by atoms with van der Waals surface area (Å²) >= 11 is 3.66. The normalized spacial score (nSPS) is 16.9. The Bertz CT molecular complexity index is 286. The number of aromatic nitrogens is 1. The van der Waals surface area contributed by atoms with Gasteiger partial charge in [-0.3, -0.25) is 0 Å². The van der Waals surface area contributed by atoms with Crippen LogP contribution in [0.15, 0.2) is 5.38 Å². The first-order valence-corrected chi connectivity index (χ1v) is 6.65. The average molecular weight is 230 g/mol. The second-order valence-electron chi connectivity index (χ2n) is 3.28. The summed E-state index contributed by atoms with van der Waals surface area (Å²) in [6.45, 7) is 1.52. The van der Waals surface area contributed by atoms with Gasteiger partial charge in [-0.1, -0.05) is 0 Å². The monoisotopic (exact) mass is 230 g/mol.